The Bertz CT molecular complexity index is 807. The third-order valence-corrected chi connectivity index (χ3v) is 5.98. The average molecular weight is 487 g/mol. The van der Waals surface area contributed by atoms with E-state index in [1.54, 1.807) is 26.4 Å². The van der Waals surface area contributed by atoms with Gasteiger partial charge in [0.1, 0.15) is 11.5 Å². The van der Waals surface area contributed by atoms with E-state index >= 15 is 0 Å². The number of hydrogen-bond acceptors (Lipinski definition) is 4. The van der Waals surface area contributed by atoms with Gasteiger partial charge in [-0.2, -0.15) is 0 Å². The van der Waals surface area contributed by atoms with Crippen LogP contribution >= 0.6 is 34.2 Å². The average Bonchev–Trinajstić information content (AvgIpc) is 2.69. The first-order valence-corrected chi connectivity index (χ1v) is 9.70. The summed E-state index contributed by atoms with van der Waals surface area (Å²) in [4.78, 5) is 17.0. The molecule has 3 rings (SSSR count). The minimum Gasteiger partial charge on any atom is -0.497 e. The molecule has 0 atom stereocenters. The minimum absolute atomic E-state index is 0.0505. The Kier molecular flexibility index (Phi) is 6.13. The number of halogens is 2. The van der Waals surface area contributed by atoms with Crippen molar-refractivity contribution in [3.05, 3.63) is 50.6 Å². The van der Waals surface area contributed by atoms with Crippen molar-refractivity contribution < 1.29 is 14.3 Å². The van der Waals surface area contributed by atoms with Crippen LogP contribution in [0, 0.1) is 3.57 Å². The van der Waals surface area contributed by atoms with Crippen LogP contribution in [0.1, 0.15) is 10.4 Å². The quantitative estimate of drug-likeness (QED) is 0.615. The van der Waals surface area contributed by atoms with Crippen LogP contribution in [0.3, 0.4) is 0 Å². The molecule has 0 aromatic heterocycles. The maximum atomic E-state index is 12.9. The lowest BCUT2D eigenvalue weighted by atomic mass is 10.1. The Morgan fingerprint density at radius 2 is 1.81 bits per heavy atom. The Morgan fingerprint density at radius 3 is 2.46 bits per heavy atom. The van der Waals surface area contributed by atoms with E-state index in [-0.39, 0.29) is 5.91 Å². The standard InChI is InChI=1S/C19H20ClIN2O3/c1-25-14-5-3-4-13(10-14)22-6-8-23(9-7-22)19(24)15-11-16(20)17(21)12-18(15)26-2/h3-5,10-12H,6-9H2,1-2H3. The number of amides is 1. The molecule has 7 heteroatoms. The van der Waals surface area contributed by atoms with E-state index in [2.05, 4.69) is 33.6 Å². The van der Waals surface area contributed by atoms with Gasteiger partial charge in [0.15, 0.2) is 0 Å². The topological polar surface area (TPSA) is 42.0 Å². The predicted octanol–water partition coefficient (Wildman–Crippen LogP) is 3.92. The monoisotopic (exact) mass is 486 g/mol. The molecule has 0 unspecified atom stereocenters. The smallest absolute Gasteiger partial charge is 0.257 e. The molecule has 138 valence electrons. The summed E-state index contributed by atoms with van der Waals surface area (Å²) < 4.78 is 11.5. The van der Waals surface area contributed by atoms with Crippen molar-refractivity contribution in [1.82, 2.24) is 4.90 Å². The highest BCUT2D eigenvalue weighted by atomic mass is 127. The fourth-order valence-electron chi connectivity index (χ4n) is 3.01. The Balaban J connectivity index is 1.72. The van der Waals surface area contributed by atoms with Gasteiger partial charge in [-0.3, -0.25) is 4.79 Å². The van der Waals surface area contributed by atoms with Crippen molar-refractivity contribution >= 4 is 45.8 Å². The van der Waals surface area contributed by atoms with Gasteiger partial charge in [-0.25, -0.2) is 0 Å². The summed E-state index contributed by atoms with van der Waals surface area (Å²) in [7, 11) is 3.23. The molecule has 0 radical (unpaired) electrons. The Labute approximate surface area is 172 Å². The fraction of sp³-hybridized carbons (Fsp3) is 0.316. The zero-order chi connectivity index (χ0) is 18.7. The van der Waals surface area contributed by atoms with E-state index in [1.165, 1.54) is 0 Å². The van der Waals surface area contributed by atoms with Gasteiger partial charge < -0.3 is 19.3 Å². The van der Waals surface area contributed by atoms with E-state index in [1.807, 2.05) is 23.1 Å². The van der Waals surface area contributed by atoms with Crippen LogP contribution in [-0.4, -0.2) is 51.2 Å². The summed E-state index contributed by atoms with van der Waals surface area (Å²) >= 11 is 8.33. The first kappa shape index (κ1) is 19.1. The summed E-state index contributed by atoms with van der Waals surface area (Å²) in [6, 6.07) is 11.5. The molecule has 0 aliphatic carbocycles. The number of methoxy groups -OCH3 is 2. The van der Waals surface area contributed by atoms with Crippen molar-refractivity contribution in [2.24, 2.45) is 0 Å². The van der Waals surface area contributed by atoms with Crippen LogP contribution in [0.4, 0.5) is 5.69 Å². The van der Waals surface area contributed by atoms with E-state index < -0.39 is 0 Å². The lowest BCUT2D eigenvalue weighted by Crippen LogP contribution is -2.48. The van der Waals surface area contributed by atoms with Crippen LogP contribution in [0.5, 0.6) is 11.5 Å². The molecule has 1 amide bonds. The second-order valence-electron chi connectivity index (χ2n) is 5.95. The molecule has 2 aromatic rings. The number of hydrogen-bond donors (Lipinski definition) is 0. The fourth-order valence-corrected chi connectivity index (χ4v) is 3.61. The predicted molar refractivity (Wildman–Crippen MR) is 112 cm³/mol. The molecule has 1 saturated heterocycles. The van der Waals surface area contributed by atoms with Crippen molar-refractivity contribution in [2.75, 3.05) is 45.3 Å². The van der Waals surface area contributed by atoms with Crippen LogP contribution in [0.25, 0.3) is 0 Å². The maximum absolute atomic E-state index is 12.9. The van der Waals surface area contributed by atoms with E-state index in [9.17, 15) is 4.79 Å². The number of carbonyl (C=O) groups excluding carboxylic acids is 1. The molecule has 5 nitrogen and oxygen atoms in total. The second-order valence-corrected chi connectivity index (χ2v) is 7.52. The zero-order valence-electron chi connectivity index (χ0n) is 14.7. The lowest BCUT2D eigenvalue weighted by molar-refractivity contribution is 0.0743. The van der Waals surface area contributed by atoms with Gasteiger partial charge in [0.25, 0.3) is 5.91 Å². The summed E-state index contributed by atoms with van der Waals surface area (Å²) in [5.41, 5.74) is 1.61. The summed E-state index contributed by atoms with van der Waals surface area (Å²) in [5.74, 6) is 1.34. The largest absolute Gasteiger partial charge is 0.497 e. The molecular weight excluding hydrogens is 467 g/mol. The van der Waals surface area contributed by atoms with Gasteiger partial charge in [0, 0.05) is 41.5 Å². The van der Waals surface area contributed by atoms with Crippen molar-refractivity contribution in [2.45, 2.75) is 0 Å². The molecule has 1 aliphatic rings. The molecule has 2 aromatic carbocycles. The number of benzene rings is 2. The van der Waals surface area contributed by atoms with Gasteiger partial charge >= 0.3 is 0 Å². The highest BCUT2D eigenvalue weighted by molar-refractivity contribution is 14.1. The summed E-state index contributed by atoms with van der Waals surface area (Å²) in [6.07, 6.45) is 0. The molecule has 1 aliphatic heterocycles. The third-order valence-electron chi connectivity index (χ3n) is 4.46. The maximum Gasteiger partial charge on any atom is 0.257 e. The SMILES string of the molecule is COc1cccc(N2CCN(C(=O)c3cc(Cl)c(I)cc3OC)CC2)c1. The Hall–Kier alpha value is -1.67. The van der Waals surface area contributed by atoms with Gasteiger partial charge in [0.05, 0.1) is 24.8 Å². The Morgan fingerprint density at radius 1 is 1.08 bits per heavy atom. The molecule has 1 fully saturated rings. The lowest BCUT2D eigenvalue weighted by Gasteiger charge is -2.36. The van der Waals surface area contributed by atoms with Crippen LogP contribution in [-0.2, 0) is 0 Å². The number of ether oxygens (including phenoxy) is 2. The van der Waals surface area contributed by atoms with Gasteiger partial charge in [-0.05, 0) is 46.9 Å². The van der Waals surface area contributed by atoms with Crippen molar-refractivity contribution in [3.63, 3.8) is 0 Å². The number of anilines is 1. The number of piperazine rings is 1. The number of nitrogens with zero attached hydrogens (tertiary/aromatic N) is 2. The zero-order valence-corrected chi connectivity index (χ0v) is 17.6. The molecule has 0 bridgehead atoms. The molecule has 26 heavy (non-hydrogen) atoms. The first-order chi connectivity index (χ1) is 12.5. The second kappa shape index (κ2) is 8.35. The van der Waals surface area contributed by atoms with E-state index in [0.717, 1.165) is 28.1 Å². The first-order valence-electron chi connectivity index (χ1n) is 8.25. The van der Waals surface area contributed by atoms with E-state index in [0.29, 0.717) is 29.4 Å². The minimum atomic E-state index is -0.0505. The molecule has 0 N–H and O–H groups in total. The normalized spacial score (nSPS) is 14.3. The van der Waals surface area contributed by atoms with Gasteiger partial charge in [0.2, 0.25) is 0 Å². The van der Waals surface area contributed by atoms with Crippen LogP contribution < -0.4 is 14.4 Å². The number of carbonyl (C=O) groups is 1. The van der Waals surface area contributed by atoms with Crippen molar-refractivity contribution in [3.8, 4) is 11.5 Å². The molecule has 0 saturated carbocycles. The van der Waals surface area contributed by atoms with Gasteiger partial charge in [-0.1, -0.05) is 17.7 Å². The molecule has 1 heterocycles. The highest BCUT2D eigenvalue weighted by Gasteiger charge is 2.25. The van der Waals surface area contributed by atoms with Crippen LogP contribution in [0.2, 0.25) is 5.02 Å². The van der Waals surface area contributed by atoms with Gasteiger partial charge in [-0.15, -0.1) is 0 Å². The third kappa shape index (κ3) is 4.01. The summed E-state index contributed by atoms with van der Waals surface area (Å²) in [5, 5.41) is 0.560. The van der Waals surface area contributed by atoms with Crippen molar-refractivity contribution in [1.29, 1.82) is 0 Å². The van der Waals surface area contributed by atoms with Crippen LogP contribution in [0.15, 0.2) is 36.4 Å². The highest BCUT2D eigenvalue weighted by Crippen LogP contribution is 2.30. The molecule has 0 spiro atoms. The number of rotatable bonds is 4. The molecular formula is C19H20ClIN2O3. The van der Waals surface area contributed by atoms with E-state index in [4.69, 9.17) is 21.1 Å². The summed E-state index contributed by atoms with van der Waals surface area (Å²) in [6.45, 7) is 2.81.